The molecule has 0 spiro atoms. The Hall–Kier alpha value is -3.01. The van der Waals surface area contributed by atoms with Crippen LogP contribution in [0.2, 0.25) is 10.0 Å². The monoisotopic (exact) mass is 404 g/mol. The molecule has 0 saturated heterocycles. The van der Waals surface area contributed by atoms with Crippen LogP contribution in [0.25, 0.3) is 6.08 Å². The quantitative estimate of drug-likeness (QED) is 0.526. The first kappa shape index (κ1) is 20.3. The van der Waals surface area contributed by atoms with E-state index in [1.54, 1.807) is 42.5 Å². The molecule has 0 heterocycles. The molecule has 2 rings (SSSR count). The number of aliphatic carboxylic acids is 1. The van der Waals surface area contributed by atoms with Crippen LogP contribution in [0.4, 0.5) is 5.69 Å². The Morgan fingerprint density at radius 3 is 2.52 bits per heavy atom. The second kappa shape index (κ2) is 9.62. The molecule has 0 aromatic heterocycles. The highest BCUT2D eigenvalue weighted by Crippen LogP contribution is 2.29. The molecule has 2 aromatic rings. The molecule has 0 saturated carbocycles. The molecular weight excluding hydrogens is 391 g/mol. The summed E-state index contributed by atoms with van der Waals surface area (Å²) >= 11 is 11.9. The predicted octanol–water partition coefficient (Wildman–Crippen LogP) is 4.39. The van der Waals surface area contributed by atoms with E-state index >= 15 is 0 Å². The second-order valence-electron chi connectivity index (χ2n) is 5.29. The van der Waals surface area contributed by atoms with Gasteiger partial charge in [-0.2, -0.15) is 5.26 Å². The predicted molar refractivity (Wildman–Crippen MR) is 103 cm³/mol. The second-order valence-corrected chi connectivity index (χ2v) is 6.07. The van der Waals surface area contributed by atoms with Crippen LogP contribution in [0.15, 0.2) is 48.0 Å². The maximum atomic E-state index is 12.3. The smallest absolute Gasteiger partial charge is 0.306 e. The lowest BCUT2D eigenvalue weighted by Gasteiger charge is -2.08. The maximum absolute atomic E-state index is 12.3. The standard InChI is InChI=1S/C19H14Cl2N2O4/c20-15-2-1-3-16(18(15)21)23-19(26)13(11-22)10-12-4-6-14(7-5-12)27-9-8-17(24)25/h1-7,10H,8-9H2,(H,23,26)(H,24,25)/b13-10+. The van der Waals surface area contributed by atoms with Crippen molar-refractivity contribution in [3.8, 4) is 11.8 Å². The third-order valence-corrected chi connectivity index (χ3v) is 4.16. The third kappa shape index (κ3) is 6.03. The van der Waals surface area contributed by atoms with Crippen LogP contribution in [0, 0.1) is 11.3 Å². The number of benzene rings is 2. The van der Waals surface area contributed by atoms with Gasteiger partial charge in [0.25, 0.3) is 5.91 Å². The first-order valence-electron chi connectivity index (χ1n) is 7.72. The summed E-state index contributed by atoms with van der Waals surface area (Å²) in [7, 11) is 0. The van der Waals surface area contributed by atoms with Gasteiger partial charge in [0.15, 0.2) is 0 Å². The van der Waals surface area contributed by atoms with Gasteiger partial charge in [0, 0.05) is 0 Å². The molecule has 1 amide bonds. The van der Waals surface area contributed by atoms with Crippen LogP contribution in [0.5, 0.6) is 5.75 Å². The van der Waals surface area contributed by atoms with E-state index in [0.29, 0.717) is 17.0 Å². The average molecular weight is 405 g/mol. The molecule has 0 fully saturated rings. The zero-order chi connectivity index (χ0) is 19.8. The van der Waals surface area contributed by atoms with Gasteiger partial charge in [-0.1, -0.05) is 41.4 Å². The first-order chi connectivity index (χ1) is 12.9. The van der Waals surface area contributed by atoms with Crippen LogP contribution in [0.1, 0.15) is 12.0 Å². The number of hydrogen-bond donors (Lipinski definition) is 2. The van der Waals surface area contributed by atoms with Crippen LogP contribution in [0.3, 0.4) is 0 Å². The van der Waals surface area contributed by atoms with E-state index in [-0.39, 0.29) is 28.6 Å². The molecule has 0 aliphatic heterocycles. The summed E-state index contributed by atoms with van der Waals surface area (Å²) in [6.45, 7) is 0.0523. The minimum absolute atomic E-state index is 0.0523. The number of nitrogens with one attached hydrogen (secondary N) is 1. The van der Waals surface area contributed by atoms with Crippen molar-refractivity contribution in [1.82, 2.24) is 0 Å². The Labute approximate surface area is 165 Å². The molecule has 0 aliphatic rings. The molecule has 6 nitrogen and oxygen atoms in total. The first-order valence-corrected chi connectivity index (χ1v) is 8.48. The van der Waals surface area contributed by atoms with Gasteiger partial charge in [-0.05, 0) is 35.9 Å². The molecule has 0 aliphatic carbocycles. The number of ether oxygens (including phenoxy) is 1. The highest BCUT2D eigenvalue weighted by Gasteiger charge is 2.12. The number of nitriles is 1. The lowest BCUT2D eigenvalue weighted by atomic mass is 10.1. The summed E-state index contributed by atoms with van der Waals surface area (Å²) in [5.41, 5.74) is 0.785. The maximum Gasteiger partial charge on any atom is 0.306 e. The van der Waals surface area contributed by atoms with Gasteiger partial charge in [-0.15, -0.1) is 0 Å². The van der Waals surface area contributed by atoms with Gasteiger partial charge in [0.1, 0.15) is 17.4 Å². The number of carboxylic acids is 1. The molecule has 8 heteroatoms. The van der Waals surface area contributed by atoms with E-state index in [4.69, 9.17) is 33.0 Å². The summed E-state index contributed by atoms with van der Waals surface area (Å²) in [6.07, 6.45) is 1.31. The van der Waals surface area contributed by atoms with Crippen LogP contribution >= 0.6 is 23.2 Å². The van der Waals surface area contributed by atoms with Crippen molar-refractivity contribution < 1.29 is 19.4 Å². The van der Waals surface area contributed by atoms with Crippen molar-refractivity contribution in [2.45, 2.75) is 6.42 Å². The Morgan fingerprint density at radius 2 is 1.89 bits per heavy atom. The normalized spacial score (nSPS) is 10.8. The SMILES string of the molecule is N#C/C(=C\c1ccc(OCCC(=O)O)cc1)C(=O)Nc1cccc(Cl)c1Cl. The lowest BCUT2D eigenvalue weighted by molar-refractivity contribution is -0.137. The van der Waals surface area contributed by atoms with E-state index in [9.17, 15) is 14.9 Å². The molecular formula is C19H14Cl2N2O4. The minimum Gasteiger partial charge on any atom is -0.493 e. The van der Waals surface area contributed by atoms with E-state index in [1.165, 1.54) is 6.08 Å². The molecule has 0 atom stereocenters. The molecule has 0 unspecified atom stereocenters. The molecule has 2 aromatic carbocycles. The number of rotatable bonds is 7. The molecule has 0 radical (unpaired) electrons. The van der Waals surface area contributed by atoms with Crippen molar-refractivity contribution in [2.24, 2.45) is 0 Å². The van der Waals surface area contributed by atoms with Gasteiger partial charge in [-0.3, -0.25) is 9.59 Å². The van der Waals surface area contributed by atoms with Crippen LogP contribution < -0.4 is 10.1 Å². The van der Waals surface area contributed by atoms with E-state index in [2.05, 4.69) is 5.32 Å². The largest absolute Gasteiger partial charge is 0.493 e. The van der Waals surface area contributed by atoms with Gasteiger partial charge >= 0.3 is 5.97 Å². The Morgan fingerprint density at radius 1 is 1.19 bits per heavy atom. The number of amides is 1. The highest BCUT2D eigenvalue weighted by atomic mass is 35.5. The van der Waals surface area contributed by atoms with E-state index in [1.807, 2.05) is 6.07 Å². The molecule has 138 valence electrons. The zero-order valence-electron chi connectivity index (χ0n) is 13.9. The van der Waals surface area contributed by atoms with E-state index < -0.39 is 11.9 Å². The number of halogens is 2. The number of anilines is 1. The van der Waals surface area contributed by atoms with Gasteiger partial charge in [-0.25, -0.2) is 0 Å². The number of carbonyl (C=O) groups is 2. The lowest BCUT2D eigenvalue weighted by Crippen LogP contribution is -2.13. The van der Waals surface area contributed by atoms with Crippen molar-refractivity contribution in [1.29, 1.82) is 5.26 Å². The highest BCUT2D eigenvalue weighted by molar-refractivity contribution is 6.44. The number of nitrogens with zero attached hydrogens (tertiary/aromatic N) is 1. The van der Waals surface area contributed by atoms with Crippen molar-refractivity contribution in [3.63, 3.8) is 0 Å². The van der Waals surface area contributed by atoms with Crippen LogP contribution in [-0.4, -0.2) is 23.6 Å². The molecule has 27 heavy (non-hydrogen) atoms. The van der Waals surface area contributed by atoms with Gasteiger partial charge in [0.05, 0.1) is 28.8 Å². The number of carboxylic acid groups (broad SMARTS) is 1. The van der Waals surface area contributed by atoms with Gasteiger partial charge in [0.2, 0.25) is 0 Å². The van der Waals surface area contributed by atoms with E-state index in [0.717, 1.165) is 0 Å². The topological polar surface area (TPSA) is 99.4 Å². The minimum atomic E-state index is -0.945. The summed E-state index contributed by atoms with van der Waals surface area (Å²) in [6, 6.07) is 13.2. The summed E-state index contributed by atoms with van der Waals surface area (Å²) in [5.74, 6) is -1.08. The van der Waals surface area contributed by atoms with Crippen molar-refractivity contribution in [3.05, 3.63) is 63.6 Å². The zero-order valence-corrected chi connectivity index (χ0v) is 15.4. The summed E-state index contributed by atoms with van der Waals surface area (Å²) < 4.78 is 5.28. The number of hydrogen-bond acceptors (Lipinski definition) is 4. The number of carbonyl (C=O) groups excluding carboxylic acids is 1. The fourth-order valence-electron chi connectivity index (χ4n) is 2.02. The van der Waals surface area contributed by atoms with Crippen LogP contribution in [-0.2, 0) is 9.59 Å². The molecule has 2 N–H and O–H groups in total. The van der Waals surface area contributed by atoms with Crippen molar-refractivity contribution >= 4 is 46.8 Å². The average Bonchev–Trinajstić information content (AvgIpc) is 2.64. The van der Waals surface area contributed by atoms with Gasteiger partial charge < -0.3 is 15.2 Å². The fraction of sp³-hybridized carbons (Fsp3) is 0.105. The third-order valence-electron chi connectivity index (χ3n) is 3.34. The fourth-order valence-corrected chi connectivity index (χ4v) is 2.37. The summed E-state index contributed by atoms with van der Waals surface area (Å²) in [5, 5.41) is 20.9. The Balaban J connectivity index is 2.08. The summed E-state index contributed by atoms with van der Waals surface area (Å²) in [4.78, 5) is 22.8. The molecule has 0 bridgehead atoms. The Kier molecular flexibility index (Phi) is 7.24. The van der Waals surface area contributed by atoms with Crippen molar-refractivity contribution in [2.75, 3.05) is 11.9 Å². The Bertz CT molecular complexity index is 918.